The van der Waals surface area contributed by atoms with E-state index in [4.69, 9.17) is 4.74 Å². The van der Waals surface area contributed by atoms with Crippen molar-refractivity contribution >= 4 is 38.7 Å². The summed E-state index contributed by atoms with van der Waals surface area (Å²) in [5.41, 5.74) is -0.658. The van der Waals surface area contributed by atoms with E-state index in [2.05, 4.69) is 10.3 Å². The first-order valence-corrected chi connectivity index (χ1v) is 9.52. The SMILES string of the molecule is CC(C)(C)OC(=O)N1CCCCC1C(=O)Nc1nc2c(F)cc(F)cc2s1. The van der Waals surface area contributed by atoms with Crippen LogP contribution in [0.2, 0.25) is 0 Å². The Kier molecular flexibility index (Phi) is 5.32. The van der Waals surface area contributed by atoms with Gasteiger partial charge in [-0.1, -0.05) is 11.3 Å². The smallest absolute Gasteiger partial charge is 0.410 e. The van der Waals surface area contributed by atoms with Crippen LogP contribution in [-0.2, 0) is 9.53 Å². The van der Waals surface area contributed by atoms with Gasteiger partial charge in [-0.15, -0.1) is 0 Å². The first-order valence-electron chi connectivity index (χ1n) is 8.70. The molecule has 1 aromatic heterocycles. The second-order valence-electron chi connectivity index (χ2n) is 7.43. The zero-order chi connectivity index (χ0) is 19.8. The highest BCUT2D eigenvalue weighted by atomic mass is 32.1. The number of anilines is 1. The maximum atomic E-state index is 13.8. The van der Waals surface area contributed by atoms with Crippen LogP contribution < -0.4 is 5.32 Å². The third-order valence-corrected chi connectivity index (χ3v) is 4.99. The number of carbonyl (C=O) groups excluding carboxylic acids is 2. The number of nitrogens with one attached hydrogen (secondary N) is 1. The molecule has 1 saturated heterocycles. The van der Waals surface area contributed by atoms with Gasteiger partial charge in [0.15, 0.2) is 10.9 Å². The molecule has 6 nitrogen and oxygen atoms in total. The largest absolute Gasteiger partial charge is 0.444 e. The second-order valence-corrected chi connectivity index (χ2v) is 8.46. The highest BCUT2D eigenvalue weighted by molar-refractivity contribution is 7.22. The minimum absolute atomic E-state index is 0.00402. The molecule has 0 aliphatic carbocycles. The topological polar surface area (TPSA) is 71.5 Å². The minimum atomic E-state index is -0.783. The average Bonchev–Trinajstić information content (AvgIpc) is 2.95. The number of fused-ring (bicyclic) bond motifs is 1. The van der Waals surface area contributed by atoms with Crippen molar-refractivity contribution in [3.8, 4) is 0 Å². The second kappa shape index (κ2) is 7.38. The highest BCUT2D eigenvalue weighted by Crippen LogP contribution is 2.29. The molecule has 2 heterocycles. The molecule has 1 fully saturated rings. The number of carbonyl (C=O) groups is 2. The van der Waals surface area contributed by atoms with E-state index in [1.54, 1.807) is 20.8 Å². The van der Waals surface area contributed by atoms with Crippen LogP contribution in [-0.4, -0.2) is 40.1 Å². The molecule has 0 spiro atoms. The fourth-order valence-electron chi connectivity index (χ4n) is 2.94. The standard InChI is InChI=1S/C18H21F2N3O3S/c1-18(2,3)26-17(25)23-7-5-4-6-12(23)15(24)22-16-21-14-11(20)8-10(19)9-13(14)27-16/h8-9,12H,4-7H2,1-3H3,(H,21,22,24). The summed E-state index contributed by atoms with van der Waals surface area (Å²) in [4.78, 5) is 30.6. The lowest BCUT2D eigenvalue weighted by molar-refractivity contribution is -0.122. The highest BCUT2D eigenvalue weighted by Gasteiger charge is 2.35. The summed E-state index contributed by atoms with van der Waals surface area (Å²) in [6, 6.07) is 1.22. The predicted octanol–water partition coefficient (Wildman–Crippen LogP) is 4.30. The van der Waals surface area contributed by atoms with Crippen LogP contribution >= 0.6 is 11.3 Å². The summed E-state index contributed by atoms with van der Waals surface area (Å²) in [5, 5.41) is 2.79. The van der Waals surface area contributed by atoms with Gasteiger partial charge in [-0.05, 0) is 46.1 Å². The van der Waals surface area contributed by atoms with Crippen molar-refractivity contribution in [1.29, 1.82) is 0 Å². The monoisotopic (exact) mass is 397 g/mol. The molecular weight excluding hydrogens is 376 g/mol. The van der Waals surface area contributed by atoms with Crippen molar-refractivity contribution < 1.29 is 23.1 Å². The summed E-state index contributed by atoms with van der Waals surface area (Å²) in [6.07, 6.45) is 1.55. The number of thiazole rings is 1. The molecule has 146 valence electrons. The molecule has 0 saturated carbocycles. The molecule has 1 atom stereocenters. The van der Waals surface area contributed by atoms with E-state index >= 15 is 0 Å². The molecule has 1 aromatic carbocycles. The number of halogens is 2. The summed E-state index contributed by atoms with van der Waals surface area (Å²) >= 11 is 0.980. The molecule has 0 bridgehead atoms. The summed E-state index contributed by atoms with van der Waals surface area (Å²) < 4.78 is 32.8. The van der Waals surface area contributed by atoms with Crippen molar-refractivity contribution in [3.05, 3.63) is 23.8 Å². The van der Waals surface area contributed by atoms with Gasteiger partial charge in [0.25, 0.3) is 0 Å². The first-order chi connectivity index (χ1) is 12.6. The van der Waals surface area contributed by atoms with Crippen LogP contribution in [0.1, 0.15) is 40.0 Å². The van der Waals surface area contributed by atoms with Crippen LogP contribution in [0.3, 0.4) is 0 Å². The van der Waals surface area contributed by atoms with Gasteiger partial charge >= 0.3 is 6.09 Å². The molecule has 1 aliphatic rings. The fourth-order valence-corrected chi connectivity index (χ4v) is 3.85. The van der Waals surface area contributed by atoms with Gasteiger partial charge in [-0.25, -0.2) is 18.6 Å². The third kappa shape index (κ3) is 4.52. The Morgan fingerprint density at radius 1 is 1.30 bits per heavy atom. The van der Waals surface area contributed by atoms with E-state index in [-0.39, 0.29) is 10.6 Å². The van der Waals surface area contributed by atoms with Crippen LogP contribution in [0.5, 0.6) is 0 Å². The summed E-state index contributed by atoms with van der Waals surface area (Å²) in [6.45, 7) is 5.71. The number of likely N-dealkylation sites (tertiary alicyclic amines) is 1. The number of nitrogens with zero attached hydrogens (tertiary/aromatic N) is 2. The third-order valence-electron chi connectivity index (χ3n) is 4.08. The van der Waals surface area contributed by atoms with E-state index < -0.39 is 35.3 Å². The Morgan fingerprint density at radius 2 is 2.04 bits per heavy atom. The van der Waals surface area contributed by atoms with Crippen molar-refractivity contribution in [3.63, 3.8) is 0 Å². The average molecular weight is 397 g/mol. The van der Waals surface area contributed by atoms with E-state index in [1.807, 2.05) is 0 Å². The van der Waals surface area contributed by atoms with Gasteiger partial charge in [0, 0.05) is 12.6 Å². The molecule has 1 unspecified atom stereocenters. The van der Waals surface area contributed by atoms with Gasteiger partial charge in [-0.2, -0.15) is 0 Å². The van der Waals surface area contributed by atoms with Crippen molar-refractivity contribution in [1.82, 2.24) is 9.88 Å². The van der Waals surface area contributed by atoms with Crippen molar-refractivity contribution in [2.24, 2.45) is 0 Å². The molecule has 27 heavy (non-hydrogen) atoms. The zero-order valence-electron chi connectivity index (χ0n) is 15.3. The number of benzene rings is 1. The number of piperidine rings is 1. The maximum absolute atomic E-state index is 13.8. The number of hydrogen-bond donors (Lipinski definition) is 1. The summed E-state index contributed by atoms with van der Waals surface area (Å²) in [5.74, 6) is -1.90. The van der Waals surface area contributed by atoms with Crippen LogP contribution in [0.25, 0.3) is 10.2 Å². The number of ether oxygens (including phenoxy) is 1. The summed E-state index contributed by atoms with van der Waals surface area (Å²) in [7, 11) is 0. The number of rotatable bonds is 2. The Hall–Kier alpha value is -2.29. The Labute approximate surface area is 159 Å². The Balaban J connectivity index is 1.77. The van der Waals surface area contributed by atoms with E-state index in [0.29, 0.717) is 17.7 Å². The molecule has 2 aromatic rings. The quantitative estimate of drug-likeness (QED) is 0.820. The van der Waals surface area contributed by atoms with Crippen molar-refractivity contribution in [2.45, 2.75) is 51.7 Å². The van der Waals surface area contributed by atoms with Gasteiger partial charge in [0.1, 0.15) is 23.0 Å². The predicted molar refractivity (Wildman–Crippen MR) is 98.7 cm³/mol. The van der Waals surface area contributed by atoms with E-state index in [1.165, 1.54) is 11.0 Å². The normalized spacial score (nSPS) is 17.8. The molecule has 1 aliphatic heterocycles. The number of hydrogen-bond acceptors (Lipinski definition) is 5. The van der Waals surface area contributed by atoms with Gasteiger partial charge in [0.05, 0.1) is 4.70 Å². The van der Waals surface area contributed by atoms with Crippen LogP contribution in [0.4, 0.5) is 18.7 Å². The van der Waals surface area contributed by atoms with Gasteiger partial charge in [0.2, 0.25) is 5.91 Å². The van der Waals surface area contributed by atoms with Crippen LogP contribution in [0, 0.1) is 11.6 Å². The van der Waals surface area contributed by atoms with E-state index in [0.717, 1.165) is 30.2 Å². The lowest BCUT2D eigenvalue weighted by Gasteiger charge is -2.35. The Bertz CT molecular complexity index is 879. The van der Waals surface area contributed by atoms with E-state index in [9.17, 15) is 18.4 Å². The molecule has 2 amide bonds. The number of aromatic nitrogens is 1. The molecular formula is C18H21F2N3O3S. The zero-order valence-corrected chi connectivity index (χ0v) is 16.2. The molecule has 9 heteroatoms. The van der Waals surface area contributed by atoms with Gasteiger partial charge in [-0.3, -0.25) is 9.69 Å². The lowest BCUT2D eigenvalue weighted by Crippen LogP contribution is -2.51. The Morgan fingerprint density at radius 3 is 2.74 bits per heavy atom. The maximum Gasteiger partial charge on any atom is 0.410 e. The lowest BCUT2D eigenvalue weighted by atomic mass is 10.0. The molecule has 3 rings (SSSR count). The molecule has 0 radical (unpaired) electrons. The van der Waals surface area contributed by atoms with Crippen molar-refractivity contribution in [2.75, 3.05) is 11.9 Å². The first kappa shape index (κ1) is 19.5. The van der Waals surface area contributed by atoms with Gasteiger partial charge < -0.3 is 10.1 Å². The van der Waals surface area contributed by atoms with Crippen LogP contribution in [0.15, 0.2) is 12.1 Å². The fraction of sp³-hybridized carbons (Fsp3) is 0.500. The minimum Gasteiger partial charge on any atom is -0.444 e. The molecule has 1 N–H and O–H groups in total. The number of amides is 2.